The number of hydrogen-bond acceptors (Lipinski definition) is 6. The fourth-order valence-corrected chi connectivity index (χ4v) is 7.74. The van der Waals surface area contributed by atoms with Gasteiger partial charge in [-0.15, -0.1) is 0 Å². The molecule has 0 aliphatic heterocycles. The Morgan fingerprint density at radius 1 is 0.281 bits per heavy atom. The number of unbranched alkanes of at least 4 members (excludes halogenated alkanes) is 36. The highest BCUT2D eigenvalue weighted by Crippen LogP contribution is 2.17. The van der Waals surface area contributed by atoms with E-state index in [1.54, 1.807) is 0 Å². The molecule has 0 saturated heterocycles. The summed E-state index contributed by atoms with van der Waals surface area (Å²) in [5.74, 6) is -0.847. The molecule has 0 rings (SSSR count). The Bertz CT molecular complexity index is 844. The second kappa shape index (κ2) is 47.1. The normalized spacial score (nSPS) is 11.8. The minimum Gasteiger partial charge on any atom is -0.462 e. The van der Waals surface area contributed by atoms with Gasteiger partial charge in [0.2, 0.25) is 0 Å². The van der Waals surface area contributed by atoms with Crippen LogP contribution in [0.15, 0.2) is 0 Å². The molecule has 57 heavy (non-hydrogen) atoms. The molecule has 0 aliphatic rings. The van der Waals surface area contributed by atoms with Crippen LogP contribution in [0.3, 0.4) is 0 Å². The summed E-state index contributed by atoms with van der Waals surface area (Å²) in [6, 6.07) is 0. The standard InChI is InChI=1S/C51H98O6/c1-4-7-10-13-16-19-22-23-24-25-26-27-28-29-30-33-35-38-41-44-50(53)56-47-48(57-51(54)45-42-39-36-32-21-18-15-12-9-6-3)46-55-49(52)43-40-37-34-31-20-17-14-11-8-5-2/h48H,4-47H2,1-3H3. The molecular formula is C51H98O6. The maximum Gasteiger partial charge on any atom is 0.306 e. The van der Waals surface area contributed by atoms with Gasteiger partial charge in [0.25, 0.3) is 0 Å². The maximum atomic E-state index is 12.7. The highest BCUT2D eigenvalue weighted by atomic mass is 16.6. The molecule has 0 aromatic heterocycles. The van der Waals surface area contributed by atoms with Gasteiger partial charge in [0.15, 0.2) is 6.10 Å². The summed E-state index contributed by atoms with van der Waals surface area (Å²) in [4.78, 5) is 37.8. The molecule has 0 aromatic rings. The first-order valence-electron chi connectivity index (χ1n) is 25.5. The van der Waals surface area contributed by atoms with Crippen LogP contribution in [0, 0.1) is 0 Å². The zero-order valence-electron chi connectivity index (χ0n) is 38.6. The van der Waals surface area contributed by atoms with Gasteiger partial charge in [-0.25, -0.2) is 0 Å². The lowest BCUT2D eigenvalue weighted by Gasteiger charge is -2.18. The van der Waals surface area contributed by atoms with Crippen molar-refractivity contribution in [3.05, 3.63) is 0 Å². The van der Waals surface area contributed by atoms with Crippen LogP contribution in [0.2, 0.25) is 0 Å². The second-order valence-electron chi connectivity index (χ2n) is 17.5. The van der Waals surface area contributed by atoms with Crippen LogP contribution in [0.25, 0.3) is 0 Å². The van der Waals surface area contributed by atoms with Gasteiger partial charge >= 0.3 is 17.9 Å². The van der Waals surface area contributed by atoms with Crippen LogP contribution < -0.4 is 0 Å². The minimum atomic E-state index is -0.758. The van der Waals surface area contributed by atoms with E-state index < -0.39 is 6.10 Å². The number of esters is 3. The predicted octanol–water partition coefficient (Wildman–Crippen LogP) is 16.4. The second-order valence-corrected chi connectivity index (χ2v) is 17.5. The first-order valence-corrected chi connectivity index (χ1v) is 25.5. The number of rotatable bonds is 47. The first kappa shape index (κ1) is 55.4. The molecule has 0 radical (unpaired) electrons. The van der Waals surface area contributed by atoms with Crippen LogP contribution >= 0.6 is 0 Å². The van der Waals surface area contributed by atoms with Gasteiger partial charge < -0.3 is 14.2 Å². The monoisotopic (exact) mass is 807 g/mol. The molecular weight excluding hydrogens is 709 g/mol. The Hall–Kier alpha value is -1.59. The quantitative estimate of drug-likeness (QED) is 0.0346. The first-order chi connectivity index (χ1) is 28.0. The van der Waals surface area contributed by atoms with E-state index in [-0.39, 0.29) is 31.1 Å². The number of carbonyl (C=O) groups excluding carboxylic acids is 3. The Labute approximate surface area is 355 Å². The van der Waals surface area contributed by atoms with Crippen molar-refractivity contribution in [1.82, 2.24) is 0 Å². The molecule has 6 nitrogen and oxygen atoms in total. The molecule has 1 unspecified atom stereocenters. The molecule has 0 amide bonds. The van der Waals surface area contributed by atoms with E-state index in [9.17, 15) is 14.4 Å². The molecule has 0 fully saturated rings. The zero-order valence-corrected chi connectivity index (χ0v) is 38.6. The van der Waals surface area contributed by atoms with Gasteiger partial charge in [0.1, 0.15) is 13.2 Å². The van der Waals surface area contributed by atoms with E-state index in [0.29, 0.717) is 19.3 Å². The topological polar surface area (TPSA) is 78.9 Å². The molecule has 0 saturated carbocycles. The summed E-state index contributed by atoms with van der Waals surface area (Å²) in [7, 11) is 0. The lowest BCUT2D eigenvalue weighted by atomic mass is 10.0. The Morgan fingerprint density at radius 3 is 0.702 bits per heavy atom. The van der Waals surface area contributed by atoms with E-state index in [2.05, 4.69) is 20.8 Å². The van der Waals surface area contributed by atoms with Crippen molar-refractivity contribution < 1.29 is 28.6 Å². The van der Waals surface area contributed by atoms with Crippen molar-refractivity contribution >= 4 is 17.9 Å². The van der Waals surface area contributed by atoms with Gasteiger partial charge in [0, 0.05) is 19.3 Å². The fraction of sp³-hybridized carbons (Fsp3) is 0.941. The summed E-state index contributed by atoms with van der Waals surface area (Å²) in [6.45, 7) is 6.65. The highest BCUT2D eigenvalue weighted by molar-refractivity contribution is 5.71. The molecule has 338 valence electrons. The molecule has 0 heterocycles. The third-order valence-electron chi connectivity index (χ3n) is 11.6. The van der Waals surface area contributed by atoms with Gasteiger partial charge in [-0.2, -0.15) is 0 Å². The van der Waals surface area contributed by atoms with Crippen molar-refractivity contribution in [1.29, 1.82) is 0 Å². The summed E-state index contributed by atoms with van der Waals surface area (Å²) < 4.78 is 16.7. The third-order valence-corrected chi connectivity index (χ3v) is 11.6. The van der Waals surface area contributed by atoms with Crippen molar-refractivity contribution in [3.63, 3.8) is 0 Å². The van der Waals surface area contributed by atoms with E-state index in [0.717, 1.165) is 57.8 Å². The molecule has 0 aromatic carbocycles. The van der Waals surface area contributed by atoms with Crippen molar-refractivity contribution in [2.75, 3.05) is 13.2 Å². The molecule has 0 N–H and O–H groups in total. The average molecular weight is 807 g/mol. The molecule has 1 atom stereocenters. The molecule has 0 aliphatic carbocycles. The summed E-state index contributed by atoms with van der Waals surface area (Å²) in [5, 5.41) is 0. The van der Waals surface area contributed by atoms with E-state index in [1.807, 2.05) is 0 Å². The van der Waals surface area contributed by atoms with Crippen LogP contribution in [-0.4, -0.2) is 37.2 Å². The van der Waals surface area contributed by atoms with Gasteiger partial charge in [-0.3, -0.25) is 14.4 Å². The predicted molar refractivity (Wildman–Crippen MR) is 243 cm³/mol. The smallest absolute Gasteiger partial charge is 0.306 e. The number of ether oxygens (including phenoxy) is 3. The SMILES string of the molecule is CCCCCCCCCCCCCCCCCCCCCC(=O)OCC(COC(=O)CCCCCCCCCCCC)OC(=O)CCCCCCCCCCCC. The van der Waals surface area contributed by atoms with Crippen LogP contribution in [0.1, 0.15) is 290 Å². The van der Waals surface area contributed by atoms with Crippen LogP contribution in [0.5, 0.6) is 0 Å². The van der Waals surface area contributed by atoms with Crippen molar-refractivity contribution in [2.24, 2.45) is 0 Å². The van der Waals surface area contributed by atoms with Crippen LogP contribution in [0.4, 0.5) is 0 Å². The lowest BCUT2D eigenvalue weighted by molar-refractivity contribution is -0.167. The largest absolute Gasteiger partial charge is 0.462 e. The van der Waals surface area contributed by atoms with Crippen LogP contribution in [-0.2, 0) is 28.6 Å². The summed E-state index contributed by atoms with van der Waals surface area (Å²) >= 11 is 0. The Balaban J connectivity index is 4.19. The fourth-order valence-electron chi connectivity index (χ4n) is 7.74. The maximum absolute atomic E-state index is 12.7. The molecule has 0 bridgehead atoms. The third kappa shape index (κ3) is 45.3. The van der Waals surface area contributed by atoms with Crippen molar-refractivity contribution in [3.8, 4) is 0 Å². The summed E-state index contributed by atoms with van der Waals surface area (Å²) in [5.41, 5.74) is 0. The molecule has 0 spiro atoms. The Morgan fingerprint density at radius 2 is 0.474 bits per heavy atom. The number of carbonyl (C=O) groups is 3. The minimum absolute atomic E-state index is 0.0622. The number of hydrogen-bond donors (Lipinski definition) is 0. The highest BCUT2D eigenvalue weighted by Gasteiger charge is 2.19. The van der Waals surface area contributed by atoms with Gasteiger partial charge in [-0.05, 0) is 19.3 Å². The molecule has 6 heteroatoms. The summed E-state index contributed by atoms with van der Waals surface area (Å²) in [6.07, 6.45) is 49.5. The van der Waals surface area contributed by atoms with E-state index in [4.69, 9.17) is 14.2 Å². The zero-order chi connectivity index (χ0) is 41.5. The Kier molecular flexibility index (Phi) is 45.8. The van der Waals surface area contributed by atoms with Gasteiger partial charge in [0.05, 0.1) is 0 Å². The van der Waals surface area contributed by atoms with E-state index in [1.165, 1.54) is 193 Å². The average Bonchev–Trinajstić information content (AvgIpc) is 3.21. The van der Waals surface area contributed by atoms with E-state index >= 15 is 0 Å². The van der Waals surface area contributed by atoms with Gasteiger partial charge in [-0.1, -0.05) is 252 Å². The lowest BCUT2D eigenvalue weighted by Crippen LogP contribution is -2.30. The van der Waals surface area contributed by atoms with Crippen molar-refractivity contribution in [2.45, 2.75) is 297 Å².